The molecule has 1 aromatic heterocycles. The first-order chi connectivity index (χ1) is 5.57. The molecule has 12 heavy (non-hydrogen) atoms. The lowest BCUT2D eigenvalue weighted by atomic mass is 10.2. The normalized spacial score (nSPS) is 10.3. The van der Waals surface area contributed by atoms with E-state index < -0.39 is 5.82 Å². The zero-order valence-electron chi connectivity index (χ0n) is 5.74. The molecule has 0 spiro atoms. The molecule has 66 valence electrons. The molecular formula is C6H4Cl3FN2. The van der Waals surface area contributed by atoms with Gasteiger partial charge in [0.2, 0.25) is 0 Å². The molecule has 0 aliphatic rings. The molecule has 2 N–H and O–H groups in total. The third-order valence-electron chi connectivity index (χ3n) is 1.32. The number of halogens is 4. The van der Waals surface area contributed by atoms with Crippen molar-refractivity contribution in [1.29, 1.82) is 0 Å². The monoisotopic (exact) mass is 228 g/mol. The Balaban J connectivity index is 3.40. The topological polar surface area (TPSA) is 38.9 Å². The maximum absolute atomic E-state index is 12.9. The Bertz CT molecular complexity index is 316. The maximum Gasteiger partial charge on any atom is 0.183 e. The summed E-state index contributed by atoms with van der Waals surface area (Å²) in [5, 5.41) is -0.305. The minimum atomic E-state index is -0.781. The molecule has 0 saturated carbocycles. The minimum absolute atomic E-state index is 0.00571. The molecular weight excluding hydrogens is 225 g/mol. The Kier molecular flexibility index (Phi) is 2.99. The van der Waals surface area contributed by atoms with E-state index in [1.807, 2.05) is 0 Å². The number of alkyl halides is 1. The molecule has 2 nitrogen and oxygen atoms in total. The summed E-state index contributed by atoms with van der Waals surface area (Å²) in [5.41, 5.74) is 5.45. The van der Waals surface area contributed by atoms with E-state index in [0.29, 0.717) is 0 Å². The summed E-state index contributed by atoms with van der Waals surface area (Å²) >= 11 is 16.4. The highest BCUT2D eigenvalue weighted by atomic mass is 35.5. The molecule has 0 fully saturated rings. The standard InChI is InChI=1S/C6H4Cl3FN2/c7-1-2-4(11)3(10)6(9)12-5(2)8/h1H2,(H2,11,12). The van der Waals surface area contributed by atoms with E-state index in [-0.39, 0.29) is 27.4 Å². The Hall–Kier alpha value is -0.250. The second-order valence-electron chi connectivity index (χ2n) is 2.03. The van der Waals surface area contributed by atoms with Crippen LogP contribution in [-0.4, -0.2) is 4.98 Å². The van der Waals surface area contributed by atoms with E-state index in [1.54, 1.807) is 0 Å². The zero-order chi connectivity index (χ0) is 9.30. The van der Waals surface area contributed by atoms with Gasteiger partial charge >= 0.3 is 0 Å². The summed E-state index contributed by atoms with van der Waals surface area (Å²) in [4.78, 5) is 3.50. The van der Waals surface area contributed by atoms with Crippen LogP contribution in [0.25, 0.3) is 0 Å². The first-order valence-corrected chi connectivity index (χ1v) is 4.21. The van der Waals surface area contributed by atoms with E-state index in [0.717, 1.165) is 0 Å². The van der Waals surface area contributed by atoms with Crippen molar-refractivity contribution < 1.29 is 4.39 Å². The molecule has 0 amide bonds. The lowest BCUT2D eigenvalue weighted by Crippen LogP contribution is -2.00. The van der Waals surface area contributed by atoms with Crippen molar-refractivity contribution in [2.45, 2.75) is 5.88 Å². The highest BCUT2D eigenvalue weighted by Crippen LogP contribution is 2.28. The molecule has 0 atom stereocenters. The van der Waals surface area contributed by atoms with Crippen molar-refractivity contribution in [3.8, 4) is 0 Å². The van der Waals surface area contributed by atoms with Gasteiger partial charge < -0.3 is 5.73 Å². The number of pyridine rings is 1. The Morgan fingerprint density at radius 1 is 1.33 bits per heavy atom. The summed E-state index contributed by atoms with van der Waals surface area (Å²) < 4.78 is 12.9. The van der Waals surface area contributed by atoms with Gasteiger partial charge in [0.1, 0.15) is 5.15 Å². The van der Waals surface area contributed by atoms with Gasteiger partial charge in [-0.3, -0.25) is 0 Å². The fourth-order valence-electron chi connectivity index (χ4n) is 0.685. The van der Waals surface area contributed by atoms with Gasteiger partial charge in [-0.25, -0.2) is 9.37 Å². The van der Waals surface area contributed by atoms with Crippen LogP contribution in [0, 0.1) is 5.82 Å². The molecule has 0 aromatic carbocycles. The number of nitrogens with zero attached hydrogens (tertiary/aromatic N) is 1. The highest BCUT2D eigenvalue weighted by Gasteiger charge is 2.14. The molecule has 0 aliphatic carbocycles. The van der Waals surface area contributed by atoms with E-state index in [4.69, 9.17) is 40.5 Å². The van der Waals surface area contributed by atoms with Crippen LogP contribution in [0.2, 0.25) is 10.3 Å². The number of anilines is 1. The molecule has 0 radical (unpaired) electrons. The first kappa shape index (κ1) is 9.84. The lowest BCUT2D eigenvalue weighted by Gasteiger charge is -2.05. The van der Waals surface area contributed by atoms with Crippen LogP contribution >= 0.6 is 34.8 Å². The van der Waals surface area contributed by atoms with Crippen molar-refractivity contribution in [2.24, 2.45) is 0 Å². The van der Waals surface area contributed by atoms with Gasteiger partial charge in [0.25, 0.3) is 0 Å². The SMILES string of the molecule is Nc1c(F)c(Cl)nc(Cl)c1CCl. The Morgan fingerprint density at radius 2 is 1.92 bits per heavy atom. The molecule has 0 unspecified atom stereocenters. The number of nitrogens with two attached hydrogens (primary N) is 1. The van der Waals surface area contributed by atoms with Gasteiger partial charge in [-0.2, -0.15) is 0 Å². The summed E-state index contributed by atoms with van der Waals surface area (Å²) in [5.74, 6) is -0.775. The smallest absolute Gasteiger partial charge is 0.183 e. The minimum Gasteiger partial charge on any atom is -0.396 e. The summed E-state index contributed by atoms with van der Waals surface area (Å²) in [6.45, 7) is 0. The van der Waals surface area contributed by atoms with Gasteiger partial charge in [-0.05, 0) is 0 Å². The van der Waals surface area contributed by atoms with Crippen molar-refractivity contribution in [1.82, 2.24) is 4.98 Å². The number of aromatic nitrogens is 1. The second kappa shape index (κ2) is 3.64. The van der Waals surface area contributed by atoms with Crippen LogP contribution in [0.5, 0.6) is 0 Å². The number of rotatable bonds is 1. The Labute approximate surface area is 83.4 Å². The lowest BCUT2D eigenvalue weighted by molar-refractivity contribution is 0.625. The van der Waals surface area contributed by atoms with Gasteiger partial charge in [0.05, 0.1) is 11.6 Å². The van der Waals surface area contributed by atoms with Crippen LogP contribution < -0.4 is 5.73 Å². The van der Waals surface area contributed by atoms with Crippen molar-refractivity contribution >= 4 is 40.5 Å². The van der Waals surface area contributed by atoms with Crippen LogP contribution in [0.4, 0.5) is 10.1 Å². The molecule has 1 heterocycles. The molecule has 1 aromatic rings. The average molecular weight is 229 g/mol. The predicted molar refractivity (Wildman–Crippen MR) is 48.2 cm³/mol. The highest BCUT2D eigenvalue weighted by molar-refractivity contribution is 6.34. The third-order valence-corrected chi connectivity index (χ3v) is 2.15. The maximum atomic E-state index is 12.9. The first-order valence-electron chi connectivity index (χ1n) is 2.92. The average Bonchev–Trinajstić information content (AvgIpc) is 2.01. The van der Waals surface area contributed by atoms with E-state index in [2.05, 4.69) is 4.98 Å². The van der Waals surface area contributed by atoms with Crippen LogP contribution in [0.3, 0.4) is 0 Å². The predicted octanol–water partition coefficient (Wildman–Crippen LogP) is 2.85. The Morgan fingerprint density at radius 3 is 2.42 bits per heavy atom. The van der Waals surface area contributed by atoms with E-state index in [9.17, 15) is 4.39 Å². The second-order valence-corrected chi connectivity index (χ2v) is 3.02. The van der Waals surface area contributed by atoms with Gasteiger partial charge in [0, 0.05) is 5.56 Å². The number of hydrogen-bond donors (Lipinski definition) is 1. The third kappa shape index (κ3) is 1.58. The van der Waals surface area contributed by atoms with Crippen LogP contribution in [-0.2, 0) is 5.88 Å². The number of hydrogen-bond acceptors (Lipinski definition) is 2. The van der Waals surface area contributed by atoms with Crippen molar-refractivity contribution in [3.05, 3.63) is 21.7 Å². The number of nitrogen functional groups attached to an aromatic ring is 1. The molecule has 0 saturated heterocycles. The largest absolute Gasteiger partial charge is 0.396 e. The molecule has 1 rings (SSSR count). The fourth-order valence-corrected chi connectivity index (χ4v) is 1.51. The van der Waals surface area contributed by atoms with Crippen LogP contribution in [0.15, 0.2) is 0 Å². The summed E-state index contributed by atoms with van der Waals surface area (Å²) in [7, 11) is 0. The summed E-state index contributed by atoms with van der Waals surface area (Å²) in [6.07, 6.45) is 0. The van der Waals surface area contributed by atoms with E-state index in [1.165, 1.54) is 0 Å². The van der Waals surface area contributed by atoms with Gasteiger partial charge in [-0.15, -0.1) is 11.6 Å². The quantitative estimate of drug-likeness (QED) is 0.594. The van der Waals surface area contributed by atoms with Crippen molar-refractivity contribution in [3.63, 3.8) is 0 Å². The van der Waals surface area contributed by atoms with Crippen molar-refractivity contribution in [2.75, 3.05) is 5.73 Å². The zero-order valence-corrected chi connectivity index (χ0v) is 8.01. The van der Waals surface area contributed by atoms with Gasteiger partial charge in [-0.1, -0.05) is 23.2 Å². The molecule has 0 aliphatic heterocycles. The van der Waals surface area contributed by atoms with Gasteiger partial charge in [0.15, 0.2) is 11.0 Å². The van der Waals surface area contributed by atoms with E-state index >= 15 is 0 Å². The molecule has 6 heteroatoms. The fraction of sp³-hybridized carbons (Fsp3) is 0.167. The van der Waals surface area contributed by atoms with Crippen LogP contribution in [0.1, 0.15) is 5.56 Å². The molecule has 0 bridgehead atoms. The summed E-state index contributed by atoms with van der Waals surface area (Å²) in [6, 6.07) is 0.